The van der Waals surface area contributed by atoms with Gasteiger partial charge >= 0.3 is 0 Å². The fourth-order valence-corrected chi connectivity index (χ4v) is 4.90. The van der Waals surface area contributed by atoms with Crippen LogP contribution in [0, 0.1) is 13.8 Å². The van der Waals surface area contributed by atoms with Gasteiger partial charge in [-0.3, -0.25) is 4.79 Å². The predicted molar refractivity (Wildman–Crippen MR) is 120 cm³/mol. The molecule has 3 rings (SSSR count). The van der Waals surface area contributed by atoms with E-state index in [0.717, 1.165) is 44.6 Å². The molecule has 0 spiro atoms. The Kier molecular flexibility index (Phi) is 7.34. The van der Waals surface area contributed by atoms with Gasteiger partial charge in [0.1, 0.15) is 5.75 Å². The molecule has 2 aromatic carbocycles. The summed E-state index contributed by atoms with van der Waals surface area (Å²) >= 11 is 3.35. The highest BCUT2D eigenvalue weighted by molar-refractivity contribution is 8.01. The largest absolute Gasteiger partial charge is 0.493 e. The molecular weight excluding hydrogens is 388 g/mol. The minimum Gasteiger partial charge on any atom is -0.493 e. The number of nitrogens with one attached hydrogen (secondary N) is 1. The first kappa shape index (κ1) is 20.7. The second kappa shape index (κ2) is 9.94. The fraction of sp³-hybridized carbons (Fsp3) is 0.364. The van der Waals surface area contributed by atoms with Crippen LogP contribution in [-0.2, 0) is 4.79 Å². The highest BCUT2D eigenvalue weighted by Gasteiger charge is 2.08. The zero-order chi connectivity index (χ0) is 19.9. The van der Waals surface area contributed by atoms with Crippen LogP contribution in [-0.4, -0.2) is 23.3 Å². The number of unbranched alkanes of at least 4 members (excludes halogenated alkanes) is 1. The molecule has 1 amide bonds. The van der Waals surface area contributed by atoms with Crippen molar-refractivity contribution in [2.45, 2.75) is 44.4 Å². The molecule has 0 saturated carbocycles. The number of nitrogens with zero attached hydrogens (tertiary/aromatic N) is 1. The molecule has 1 N–H and O–H groups in total. The van der Waals surface area contributed by atoms with Crippen LogP contribution in [0.25, 0.3) is 10.2 Å². The second-order valence-corrected chi connectivity index (χ2v) is 9.21. The molecule has 0 bridgehead atoms. The van der Waals surface area contributed by atoms with Crippen LogP contribution >= 0.6 is 23.1 Å². The molecule has 0 unspecified atom stereocenters. The number of ether oxygens (including phenoxy) is 1. The number of aryl methyl sites for hydroxylation is 2. The average molecular weight is 415 g/mol. The summed E-state index contributed by atoms with van der Waals surface area (Å²) in [4.78, 5) is 16.6. The molecule has 0 fully saturated rings. The number of carbonyl (C=O) groups excluding carboxylic acids is 1. The van der Waals surface area contributed by atoms with Crippen molar-refractivity contribution in [1.82, 2.24) is 4.98 Å². The molecule has 0 aliphatic rings. The van der Waals surface area contributed by atoms with Crippen LogP contribution < -0.4 is 10.1 Å². The third-order valence-electron chi connectivity index (χ3n) is 4.18. The Balaban J connectivity index is 1.53. The summed E-state index contributed by atoms with van der Waals surface area (Å²) in [6.45, 7) is 6.89. The van der Waals surface area contributed by atoms with E-state index in [1.165, 1.54) is 11.1 Å². The summed E-state index contributed by atoms with van der Waals surface area (Å²) in [6, 6.07) is 12.2. The van der Waals surface area contributed by atoms with Crippen molar-refractivity contribution in [2.24, 2.45) is 0 Å². The van der Waals surface area contributed by atoms with E-state index in [0.29, 0.717) is 13.0 Å². The number of anilines is 1. The Bertz CT molecular complexity index is 933. The minimum atomic E-state index is 0.0730. The maximum absolute atomic E-state index is 11.9. The number of amides is 1. The molecule has 1 heterocycles. The number of benzene rings is 2. The minimum absolute atomic E-state index is 0.0730. The zero-order valence-electron chi connectivity index (χ0n) is 16.6. The van der Waals surface area contributed by atoms with Crippen molar-refractivity contribution < 1.29 is 9.53 Å². The Hall–Kier alpha value is -2.05. The SMILES string of the molecule is CCCCC(=O)Nc1ccc2nc(SCCOc3cc(C)cc(C)c3)sc2c1. The van der Waals surface area contributed by atoms with Gasteiger partial charge in [0.15, 0.2) is 4.34 Å². The van der Waals surface area contributed by atoms with Crippen molar-refractivity contribution in [3.05, 3.63) is 47.5 Å². The predicted octanol–water partition coefficient (Wildman–Crippen LogP) is 6.21. The molecule has 0 aliphatic heterocycles. The summed E-state index contributed by atoms with van der Waals surface area (Å²) in [5.41, 5.74) is 4.24. The van der Waals surface area contributed by atoms with Crippen molar-refractivity contribution in [1.29, 1.82) is 0 Å². The van der Waals surface area contributed by atoms with Crippen LogP contribution in [0.2, 0.25) is 0 Å². The number of rotatable bonds is 9. The van der Waals surface area contributed by atoms with Gasteiger partial charge in [-0.05, 0) is 61.7 Å². The Morgan fingerprint density at radius 1 is 1.18 bits per heavy atom. The van der Waals surface area contributed by atoms with Gasteiger partial charge in [0.2, 0.25) is 5.91 Å². The summed E-state index contributed by atoms with van der Waals surface area (Å²) < 4.78 is 7.98. The van der Waals surface area contributed by atoms with Crippen molar-refractivity contribution in [3.8, 4) is 5.75 Å². The third-order valence-corrected chi connectivity index (χ3v) is 6.31. The van der Waals surface area contributed by atoms with Gasteiger partial charge < -0.3 is 10.1 Å². The van der Waals surface area contributed by atoms with E-state index >= 15 is 0 Å². The van der Waals surface area contributed by atoms with E-state index in [1.54, 1.807) is 23.1 Å². The quantitative estimate of drug-likeness (QED) is 0.334. The molecule has 0 saturated heterocycles. The first-order valence-corrected chi connectivity index (χ1v) is 11.4. The van der Waals surface area contributed by atoms with Crippen LogP contribution in [0.4, 0.5) is 5.69 Å². The smallest absolute Gasteiger partial charge is 0.224 e. The Labute approximate surface area is 174 Å². The van der Waals surface area contributed by atoms with Gasteiger partial charge in [-0.25, -0.2) is 4.98 Å². The molecule has 148 valence electrons. The second-order valence-electron chi connectivity index (χ2n) is 6.83. The molecule has 1 aromatic heterocycles. The van der Waals surface area contributed by atoms with Gasteiger partial charge in [-0.15, -0.1) is 11.3 Å². The van der Waals surface area contributed by atoms with Crippen LogP contribution in [0.3, 0.4) is 0 Å². The highest BCUT2D eigenvalue weighted by atomic mass is 32.2. The van der Waals surface area contributed by atoms with E-state index in [-0.39, 0.29) is 5.91 Å². The maximum Gasteiger partial charge on any atom is 0.224 e. The normalized spacial score (nSPS) is 11.0. The number of thiazole rings is 1. The van der Waals surface area contributed by atoms with E-state index in [4.69, 9.17) is 4.74 Å². The monoisotopic (exact) mass is 414 g/mol. The fourth-order valence-electron chi connectivity index (χ4n) is 2.91. The number of thioether (sulfide) groups is 1. The summed E-state index contributed by atoms with van der Waals surface area (Å²) in [7, 11) is 0. The molecule has 3 aromatic rings. The lowest BCUT2D eigenvalue weighted by atomic mass is 10.1. The lowest BCUT2D eigenvalue weighted by Gasteiger charge is -2.07. The summed E-state index contributed by atoms with van der Waals surface area (Å²) in [5.74, 6) is 1.84. The van der Waals surface area contributed by atoms with Crippen molar-refractivity contribution >= 4 is 44.9 Å². The number of hydrogen-bond acceptors (Lipinski definition) is 5. The molecule has 28 heavy (non-hydrogen) atoms. The molecule has 4 nitrogen and oxygen atoms in total. The molecule has 0 aliphatic carbocycles. The van der Waals surface area contributed by atoms with Gasteiger partial charge in [0.25, 0.3) is 0 Å². The van der Waals surface area contributed by atoms with Gasteiger partial charge in [-0.2, -0.15) is 0 Å². The van der Waals surface area contributed by atoms with Crippen molar-refractivity contribution in [3.63, 3.8) is 0 Å². The van der Waals surface area contributed by atoms with E-state index < -0.39 is 0 Å². The number of fused-ring (bicyclic) bond motifs is 1. The topological polar surface area (TPSA) is 51.2 Å². The van der Waals surface area contributed by atoms with E-state index in [9.17, 15) is 4.79 Å². The first-order valence-electron chi connectivity index (χ1n) is 9.58. The highest BCUT2D eigenvalue weighted by Crippen LogP contribution is 2.31. The lowest BCUT2D eigenvalue weighted by molar-refractivity contribution is -0.116. The van der Waals surface area contributed by atoms with Crippen LogP contribution in [0.5, 0.6) is 5.75 Å². The number of aromatic nitrogens is 1. The Morgan fingerprint density at radius 2 is 1.96 bits per heavy atom. The van der Waals surface area contributed by atoms with Crippen LogP contribution in [0.15, 0.2) is 40.7 Å². The van der Waals surface area contributed by atoms with Gasteiger partial charge in [-0.1, -0.05) is 31.2 Å². The van der Waals surface area contributed by atoms with Crippen LogP contribution in [0.1, 0.15) is 37.3 Å². The molecule has 6 heteroatoms. The van der Waals surface area contributed by atoms with Crippen molar-refractivity contribution in [2.75, 3.05) is 17.7 Å². The third kappa shape index (κ3) is 5.97. The number of hydrogen-bond donors (Lipinski definition) is 1. The standard InChI is InChI=1S/C22H26N2O2S2/c1-4-5-6-21(25)23-17-7-8-19-20(14-17)28-22(24-19)27-10-9-26-18-12-15(2)11-16(3)13-18/h7-8,11-14H,4-6,9-10H2,1-3H3,(H,23,25). The summed E-state index contributed by atoms with van der Waals surface area (Å²) in [6.07, 6.45) is 2.51. The average Bonchev–Trinajstić information content (AvgIpc) is 3.05. The summed E-state index contributed by atoms with van der Waals surface area (Å²) in [5, 5.41) is 2.97. The molecule has 0 atom stereocenters. The van der Waals surface area contributed by atoms with E-state index in [2.05, 4.69) is 49.3 Å². The lowest BCUT2D eigenvalue weighted by Crippen LogP contribution is -2.10. The van der Waals surface area contributed by atoms with E-state index in [1.807, 2.05) is 18.2 Å². The maximum atomic E-state index is 11.9. The zero-order valence-corrected chi connectivity index (χ0v) is 18.2. The first-order chi connectivity index (χ1) is 13.5. The molecular formula is C22H26N2O2S2. The number of carbonyl (C=O) groups is 1. The Morgan fingerprint density at radius 3 is 2.71 bits per heavy atom. The molecule has 0 radical (unpaired) electrons. The van der Waals surface area contributed by atoms with Gasteiger partial charge in [0, 0.05) is 17.9 Å². The van der Waals surface area contributed by atoms with Gasteiger partial charge in [0.05, 0.1) is 16.8 Å².